The van der Waals surface area contributed by atoms with Gasteiger partial charge in [-0.25, -0.2) is 0 Å². The lowest BCUT2D eigenvalue weighted by Crippen LogP contribution is -2.45. The molecule has 1 unspecified atom stereocenters. The number of rotatable bonds is 4. The molecule has 5 heteroatoms. The monoisotopic (exact) mass is 264 g/mol. The average Bonchev–Trinajstić information content (AvgIpc) is 2.47. The average molecular weight is 264 g/mol. The van der Waals surface area contributed by atoms with Gasteiger partial charge in [0.25, 0.3) is 5.91 Å². The summed E-state index contributed by atoms with van der Waals surface area (Å²) in [5.74, 6) is 1.12. The Kier molecular flexibility index (Phi) is 4.63. The molecule has 1 fully saturated rings. The number of amides is 1. The van der Waals surface area contributed by atoms with Crippen LogP contribution >= 0.6 is 0 Å². The fourth-order valence-corrected chi connectivity index (χ4v) is 2.22. The zero-order chi connectivity index (χ0) is 13.7. The molecule has 0 spiro atoms. The Morgan fingerprint density at radius 2 is 2.11 bits per heavy atom. The summed E-state index contributed by atoms with van der Waals surface area (Å²) in [5.41, 5.74) is 0.586. The van der Waals surface area contributed by atoms with E-state index in [4.69, 9.17) is 9.47 Å². The molecule has 1 amide bonds. The largest absolute Gasteiger partial charge is 0.493 e. The van der Waals surface area contributed by atoms with Crippen molar-refractivity contribution in [2.24, 2.45) is 0 Å². The van der Waals surface area contributed by atoms with Gasteiger partial charge >= 0.3 is 0 Å². The Morgan fingerprint density at radius 1 is 1.32 bits per heavy atom. The highest BCUT2D eigenvalue weighted by atomic mass is 16.5. The molecule has 1 aliphatic heterocycles. The number of piperidine rings is 1. The molecule has 2 N–H and O–H groups in total. The van der Waals surface area contributed by atoms with Crippen molar-refractivity contribution in [3.05, 3.63) is 23.8 Å². The van der Waals surface area contributed by atoms with Crippen LogP contribution in [0.1, 0.15) is 23.2 Å². The summed E-state index contributed by atoms with van der Waals surface area (Å²) in [4.78, 5) is 12.1. The van der Waals surface area contributed by atoms with Gasteiger partial charge in [-0.1, -0.05) is 0 Å². The summed E-state index contributed by atoms with van der Waals surface area (Å²) in [6.45, 7) is 1.86. The number of methoxy groups -OCH3 is 2. The molecular weight excluding hydrogens is 244 g/mol. The number of ether oxygens (including phenoxy) is 2. The van der Waals surface area contributed by atoms with E-state index in [1.165, 1.54) is 0 Å². The second-order valence-corrected chi connectivity index (χ2v) is 4.59. The van der Waals surface area contributed by atoms with Gasteiger partial charge in [-0.2, -0.15) is 0 Å². The van der Waals surface area contributed by atoms with E-state index in [1.54, 1.807) is 32.4 Å². The first-order valence-electron chi connectivity index (χ1n) is 6.48. The van der Waals surface area contributed by atoms with Crippen LogP contribution < -0.4 is 20.1 Å². The molecule has 1 aromatic rings. The highest BCUT2D eigenvalue weighted by Crippen LogP contribution is 2.27. The number of carbonyl (C=O) groups excluding carboxylic acids is 1. The number of hydrogen-bond donors (Lipinski definition) is 2. The summed E-state index contributed by atoms with van der Waals surface area (Å²) >= 11 is 0. The summed E-state index contributed by atoms with van der Waals surface area (Å²) in [7, 11) is 3.13. The maximum Gasteiger partial charge on any atom is 0.251 e. The molecule has 1 heterocycles. The normalized spacial score (nSPS) is 18.7. The van der Waals surface area contributed by atoms with Crippen molar-refractivity contribution in [2.45, 2.75) is 18.9 Å². The smallest absolute Gasteiger partial charge is 0.251 e. The number of nitrogens with one attached hydrogen (secondary N) is 2. The Morgan fingerprint density at radius 3 is 2.74 bits per heavy atom. The lowest BCUT2D eigenvalue weighted by molar-refractivity contribution is 0.0930. The van der Waals surface area contributed by atoms with Crippen molar-refractivity contribution in [3.63, 3.8) is 0 Å². The van der Waals surface area contributed by atoms with E-state index in [-0.39, 0.29) is 11.9 Å². The summed E-state index contributed by atoms with van der Waals surface area (Å²) in [6.07, 6.45) is 2.11. The van der Waals surface area contributed by atoms with Crippen molar-refractivity contribution >= 4 is 5.91 Å². The van der Waals surface area contributed by atoms with Crippen LogP contribution in [0.15, 0.2) is 18.2 Å². The molecular formula is C14H20N2O3. The zero-order valence-electron chi connectivity index (χ0n) is 11.4. The van der Waals surface area contributed by atoms with Gasteiger partial charge in [0.15, 0.2) is 11.5 Å². The molecule has 19 heavy (non-hydrogen) atoms. The van der Waals surface area contributed by atoms with E-state index < -0.39 is 0 Å². The quantitative estimate of drug-likeness (QED) is 0.857. The Labute approximate surface area is 113 Å². The fraction of sp³-hybridized carbons (Fsp3) is 0.500. The minimum absolute atomic E-state index is 0.0744. The van der Waals surface area contributed by atoms with Gasteiger partial charge in [-0.3, -0.25) is 4.79 Å². The van der Waals surface area contributed by atoms with E-state index in [1.807, 2.05) is 0 Å². The van der Waals surface area contributed by atoms with Crippen LogP contribution in [0.5, 0.6) is 11.5 Å². The van der Waals surface area contributed by atoms with Gasteiger partial charge in [-0.15, -0.1) is 0 Å². The van der Waals surface area contributed by atoms with Gasteiger partial charge in [0.2, 0.25) is 0 Å². The van der Waals surface area contributed by atoms with Crippen LogP contribution in [-0.4, -0.2) is 39.3 Å². The van der Waals surface area contributed by atoms with Crippen molar-refractivity contribution in [1.29, 1.82) is 0 Å². The highest BCUT2D eigenvalue weighted by Gasteiger charge is 2.17. The summed E-state index contributed by atoms with van der Waals surface area (Å²) in [5, 5.41) is 6.30. The van der Waals surface area contributed by atoms with Crippen LogP contribution in [0.2, 0.25) is 0 Å². The van der Waals surface area contributed by atoms with Crippen molar-refractivity contribution in [1.82, 2.24) is 10.6 Å². The van der Waals surface area contributed by atoms with E-state index in [0.29, 0.717) is 17.1 Å². The molecule has 0 saturated carbocycles. The number of hydrogen-bond acceptors (Lipinski definition) is 4. The van der Waals surface area contributed by atoms with Crippen molar-refractivity contribution < 1.29 is 14.3 Å². The topological polar surface area (TPSA) is 59.6 Å². The Bertz CT molecular complexity index is 442. The van der Waals surface area contributed by atoms with Crippen LogP contribution in [0.4, 0.5) is 0 Å². The van der Waals surface area contributed by atoms with Crippen molar-refractivity contribution in [2.75, 3.05) is 27.3 Å². The standard InChI is InChI=1S/C14H20N2O3/c1-18-12-6-5-10(8-13(12)19-2)14(17)16-11-4-3-7-15-9-11/h5-6,8,11,15H,3-4,7,9H2,1-2H3,(H,16,17). The highest BCUT2D eigenvalue weighted by molar-refractivity contribution is 5.95. The van der Waals surface area contributed by atoms with Gasteiger partial charge in [0.05, 0.1) is 14.2 Å². The Hall–Kier alpha value is -1.75. The summed E-state index contributed by atoms with van der Waals surface area (Å²) in [6, 6.07) is 5.39. The SMILES string of the molecule is COc1ccc(C(=O)NC2CCCNC2)cc1OC. The van der Waals surface area contributed by atoms with Gasteiger partial charge in [-0.05, 0) is 37.6 Å². The molecule has 1 saturated heterocycles. The van der Waals surface area contributed by atoms with Crippen molar-refractivity contribution in [3.8, 4) is 11.5 Å². The third-order valence-corrected chi connectivity index (χ3v) is 3.28. The van der Waals surface area contributed by atoms with Crippen LogP contribution in [-0.2, 0) is 0 Å². The first-order valence-corrected chi connectivity index (χ1v) is 6.48. The molecule has 104 valence electrons. The second-order valence-electron chi connectivity index (χ2n) is 4.59. The molecule has 2 rings (SSSR count). The third kappa shape index (κ3) is 3.38. The number of carbonyl (C=O) groups is 1. The molecule has 1 atom stereocenters. The minimum Gasteiger partial charge on any atom is -0.493 e. The maximum absolute atomic E-state index is 12.1. The molecule has 1 aliphatic rings. The molecule has 0 bridgehead atoms. The summed E-state index contributed by atoms with van der Waals surface area (Å²) < 4.78 is 10.4. The van der Waals surface area contributed by atoms with E-state index in [2.05, 4.69) is 10.6 Å². The first kappa shape index (κ1) is 13.7. The van der Waals surface area contributed by atoms with Crippen LogP contribution in [0.25, 0.3) is 0 Å². The van der Waals surface area contributed by atoms with E-state index in [0.717, 1.165) is 25.9 Å². The van der Waals surface area contributed by atoms with E-state index >= 15 is 0 Å². The predicted octanol–water partition coefficient (Wildman–Crippen LogP) is 1.19. The Balaban J connectivity index is 2.05. The van der Waals surface area contributed by atoms with Gasteiger partial charge < -0.3 is 20.1 Å². The predicted molar refractivity (Wildman–Crippen MR) is 72.9 cm³/mol. The molecule has 0 radical (unpaired) electrons. The third-order valence-electron chi connectivity index (χ3n) is 3.28. The van der Waals surface area contributed by atoms with Crippen LogP contribution in [0.3, 0.4) is 0 Å². The fourth-order valence-electron chi connectivity index (χ4n) is 2.22. The molecule has 5 nitrogen and oxygen atoms in total. The minimum atomic E-state index is -0.0744. The molecule has 0 aromatic heterocycles. The van der Waals surface area contributed by atoms with Crippen LogP contribution in [0, 0.1) is 0 Å². The molecule has 0 aliphatic carbocycles. The molecule has 1 aromatic carbocycles. The van der Waals surface area contributed by atoms with Gasteiger partial charge in [0.1, 0.15) is 0 Å². The number of benzene rings is 1. The second kappa shape index (κ2) is 6.43. The maximum atomic E-state index is 12.1. The lowest BCUT2D eigenvalue weighted by Gasteiger charge is -2.23. The van der Waals surface area contributed by atoms with E-state index in [9.17, 15) is 4.79 Å². The van der Waals surface area contributed by atoms with Gasteiger partial charge in [0, 0.05) is 18.2 Å². The lowest BCUT2D eigenvalue weighted by atomic mass is 10.1. The zero-order valence-corrected chi connectivity index (χ0v) is 11.4. The first-order chi connectivity index (χ1) is 9.24.